The van der Waals surface area contributed by atoms with Crippen molar-refractivity contribution in [3.05, 3.63) is 47.9 Å². The molecule has 1 amide bonds. The van der Waals surface area contributed by atoms with Gasteiger partial charge in [0.2, 0.25) is 5.91 Å². The molecule has 0 aliphatic carbocycles. The molecule has 1 aliphatic rings. The summed E-state index contributed by atoms with van der Waals surface area (Å²) < 4.78 is 16.1. The van der Waals surface area contributed by atoms with Crippen molar-refractivity contribution in [1.82, 2.24) is 5.01 Å². The van der Waals surface area contributed by atoms with Crippen LogP contribution in [0.1, 0.15) is 43.0 Å². The largest absolute Gasteiger partial charge is 0.550 e. The van der Waals surface area contributed by atoms with Crippen molar-refractivity contribution >= 4 is 17.6 Å². The van der Waals surface area contributed by atoms with Crippen LogP contribution in [-0.4, -0.2) is 36.8 Å². The zero-order chi connectivity index (χ0) is 20.1. The van der Waals surface area contributed by atoms with E-state index in [0.717, 1.165) is 5.56 Å². The van der Waals surface area contributed by atoms with Crippen molar-refractivity contribution < 1.29 is 28.6 Å². The first-order chi connectivity index (χ1) is 13.5. The van der Waals surface area contributed by atoms with Gasteiger partial charge in [0.1, 0.15) is 11.8 Å². The van der Waals surface area contributed by atoms with Crippen LogP contribution >= 0.6 is 0 Å². The summed E-state index contributed by atoms with van der Waals surface area (Å²) in [6.07, 6.45) is 2.10. The van der Waals surface area contributed by atoms with Crippen LogP contribution in [0.2, 0.25) is 0 Å². The number of aliphatic carboxylic acids is 1. The average molecular weight is 385 g/mol. The molecule has 0 spiro atoms. The molecule has 2 heterocycles. The first-order valence-corrected chi connectivity index (χ1v) is 8.88. The number of nitrogens with zero attached hydrogens (tertiary/aromatic N) is 2. The highest BCUT2D eigenvalue weighted by atomic mass is 16.5. The van der Waals surface area contributed by atoms with Crippen molar-refractivity contribution in [1.29, 1.82) is 0 Å². The van der Waals surface area contributed by atoms with Crippen LogP contribution in [0.5, 0.6) is 11.5 Å². The van der Waals surface area contributed by atoms with Crippen LogP contribution in [0.3, 0.4) is 0 Å². The van der Waals surface area contributed by atoms with Crippen LogP contribution in [0.4, 0.5) is 0 Å². The zero-order valence-corrected chi connectivity index (χ0v) is 15.7. The smallest absolute Gasteiger partial charge is 0.243 e. The summed E-state index contributed by atoms with van der Waals surface area (Å²) in [5.74, 6) is 0.343. The lowest BCUT2D eigenvalue weighted by molar-refractivity contribution is -0.305. The van der Waals surface area contributed by atoms with Gasteiger partial charge in [-0.3, -0.25) is 4.79 Å². The van der Waals surface area contributed by atoms with E-state index >= 15 is 0 Å². The van der Waals surface area contributed by atoms with Gasteiger partial charge in [-0.05, 0) is 43.2 Å². The molecule has 148 valence electrons. The van der Waals surface area contributed by atoms with E-state index in [1.165, 1.54) is 5.01 Å². The number of hydrogen-bond acceptors (Lipinski definition) is 7. The van der Waals surface area contributed by atoms with Crippen LogP contribution in [0, 0.1) is 0 Å². The highest BCUT2D eigenvalue weighted by Crippen LogP contribution is 2.35. The first kappa shape index (κ1) is 19.5. The summed E-state index contributed by atoms with van der Waals surface area (Å²) in [6.45, 7) is 0. The Morgan fingerprint density at radius 2 is 2.00 bits per heavy atom. The number of amides is 1. The number of benzene rings is 1. The van der Waals surface area contributed by atoms with Gasteiger partial charge in [0, 0.05) is 24.4 Å². The summed E-state index contributed by atoms with van der Waals surface area (Å²) in [5, 5.41) is 16.5. The second kappa shape index (κ2) is 8.60. The van der Waals surface area contributed by atoms with E-state index in [0.29, 0.717) is 29.4 Å². The Kier molecular flexibility index (Phi) is 5.98. The number of methoxy groups -OCH3 is 2. The molecule has 1 aromatic carbocycles. The third kappa shape index (κ3) is 4.16. The Morgan fingerprint density at radius 3 is 2.64 bits per heavy atom. The molecule has 1 aromatic heterocycles. The van der Waals surface area contributed by atoms with Gasteiger partial charge in [-0.15, -0.1) is 0 Å². The average Bonchev–Trinajstić information content (AvgIpc) is 3.36. The standard InChI is InChI=1S/C20H22N2O6/c1-26-17-9-8-13(11-18(17)27-2)14-12-15(16-5-4-10-28-16)22(21-14)19(23)6-3-7-20(24)25/h4-5,8-11,15H,3,6-7,12H2,1-2H3,(H,24,25)/p-1/t15-/m0/s1. The maximum Gasteiger partial charge on any atom is 0.243 e. The third-order valence-electron chi connectivity index (χ3n) is 4.53. The lowest BCUT2D eigenvalue weighted by Crippen LogP contribution is -2.27. The molecule has 0 saturated carbocycles. The highest BCUT2D eigenvalue weighted by Gasteiger charge is 2.34. The maximum absolute atomic E-state index is 12.7. The fourth-order valence-electron chi connectivity index (χ4n) is 3.13. The monoisotopic (exact) mass is 385 g/mol. The summed E-state index contributed by atoms with van der Waals surface area (Å²) in [6, 6.07) is 8.60. The fourth-order valence-corrected chi connectivity index (χ4v) is 3.13. The Bertz CT molecular complexity index is 875. The van der Waals surface area contributed by atoms with E-state index in [1.54, 1.807) is 44.7 Å². The van der Waals surface area contributed by atoms with Gasteiger partial charge in [0.15, 0.2) is 11.5 Å². The second-order valence-electron chi connectivity index (χ2n) is 6.32. The molecule has 3 rings (SSSR count). The second-order valence-corrected chi connectivity index (χ2v) is 6.32. The first-order valence-electron chi connectivity index (χ1n) is 8.88. The van der Waals surface area contributed by atoms with Crippen LogP contribution < -0.4 is 14.6 Å². The molecule has 1 aliphatic heterocycles. The topological polar surface area (TPSA) is 104 Å². The van der Waals surface area contributed by atoms with Crippen LogP contribution in [-0.2, 0) is 9.59 Å². The van der Waals surface area contributed by atoms with Crippen molar-refractivity contribution in [2.45, 2.75) is 31.7 Å². The summed E-state index contributed by atoms with van der Waals surface area (Å²) in [7, 11) is 3.11. The van der Waals surface area contributed by atoms with E-state index in [-0.39, 0.29) is 31.2 Å². The number of furan rings is 1. The quantitative estimate of drug-likeness (QED) is 0.687. The number of carbonyl (C=O) groups is 2. The number of carboxylic acids is 1. The molecule has 0 N–H and O–H groups in total. The number of carboxylic acid groups (broad SMARTS) is 1. The SMILES string of the molecule is COc1ccc(C2=NN(C(=O)CCCC(=O)[O-])[C@H](c3ccco3)C2)cc1OC. The molecular weight excluding hydrogens is 364 g/mol. The van der Waals surface area contributed by atoms with E-state index in [9.17, 15) is 14.7 Å². The van der Waals surface area contributed by atoms with Gasteiger partial charge in [-0.1, -0.05) is 0 Å². The zero-order valence-electron chi connectivity index (χ0n) is 15.7. The van der Waals surface area contributed by atoms with Gasteiger partial charge in [0.05, 0.1) is 26.2 Å². The molecule has 0 unspecified atom stereocenters. The Morgan fingerprint density at radius 1 is 1.21 bits per heavy atom. The van der Waals surface area contributed by atoms with Gasteiger partial charge < -0.3 is 23.8 Å². The maximum atomic E-state index is 12.7. The van der Waals surface area contributed by atoms with E-state index in [4.69, 9.17) is 13.9 Å². The van der Waals surface area contributed by atoms with Crippen LogP contribution in [0.15, 0.2) is 46.1 Å². The Balaban J connectivity index is 1.86. The third-order valence-corrected chi connectivity index (χ3v) is 4.53. The van der Waals surface area contributed by atoms with Gasteiger partial charge in [0.25, 0.3) is 0 Å². The summed E-state index contributed by atoms with van der Waals surface area (Å²) in [5.41, 5.74) is 1.51. The Hall–Kier alpha value is -3.29. The lowest BCUT2D eigenvalue weighted by atomic mass is 10.0. The molecule has 0 fully saturated rings. The fraction of sp³-hybridized carbons (Fsp3) is 0.350. The van der Waals surface area contributed by atoms with Crippen molar-refractivity contribution in [2.24, 2.45) is 5.10 Å². The predicted molar refractivity (Wildman–Crippen MR) is 97.9 cm³/mol. The van der Waals surface area contributed by atoms with Gasteiger partial charge in [-0.25, -0.2) is 5.01 Å². The van der Waals surface area contributed by atoms with E-state index in [2.05, 4.69) is 5.10 Å². The number of hydrazone groups is 1. The number of hydrogen-bond donors (Lipinski definition) is 0. The number of ether oxygens (including phenoxy) is 2. The molecule has 0 bridgehead atoms. The van der Waals surface area contributed by atoms with E-state index in [1.807, 2.05) is 6.07 Å². The minimum absolute atomic E-state index is 0.0634. The minimum Gasteiger partial charge on any atom is -0.550 e. The molecule has 28 heavy (non-hydrogen) atoms. The number of carbonyl (C=O) groups excluding carboxylic acids is 2. The van der Waals surface area contributed by atoms with Gasteiger partial charge in [-0.2, -0.15) is 5.10 Å². The lowest BCUT2D eigenvalue weighted by Gasteiger charge is -2.19. The van der Waals surface area contributed by atoms with Crippen molar-refractivity contribution in [2.75, 3.05) is 14.2 Å². The molecule has 2 aromatic rings. The normalized spacial score (nSPS) is 16.0. The molecular formula is C20H21N2O6-. The Labute approximate surface area is 162 Å². The van der Waals surface area contributed by atoms with E-state index < -0.39 is 5.97 Å². The molecule has 1 atom stereocenters. The van der Waals surface area contributed by atoms with Crippen molar-refractivity contribution in [3.63, 3.8) is 0 Å². The molecule has 8 nitrogen and oxygen atoms in total. The summed E-state index contributed by atoms with van der Waals surface area (Å²) >= 11 is 0. The van der Waals surface area contributed by atoms with Crippen LogP contribution in [0.25, 0.3) is 0 Å². The van der Waals surface area contributed by atoms with Gasteiger partial charge >= 0.3 is 0 Å². The molecule has 8 heteroatoms. The molecule has 0 radical (unpaired) electrons. The van der Waals surface area contributed by atoms with Crippen molar-refractivity contribution in [3.8, 4) is 11.5 Å². The predicted octanol–water partition coefficient (Wildman–Crippen LogP) is 1.89. The minimum atomic E-state index is -1.17. The number of rotatable bonds is 8. The highest BCUT2D eigenvalue weighted by molar-refractivity contribution is 6.03. The summed E-state index contributed by atoms with van der Waals surface area (Å²) in [4.78, 5) is 23.3. The molecule has 0 saturated heterocycles.